The summed E-state index contributed by atoms with van der Waals surface area (Å²) in [5.74, 6) is -0.221. The summed E-state index contributed by atoms with van der Waals surface area (Å²) >= 11 is 18.1. The normalized spacial score (nSPS) is 10.7. The van der Waals surface area contributed by atoms with Crippen LogP contribution in [-0.2, 0) is 0 Å². The van der Waals surface area contributed by atoms with Crippen LogP contribution in [0.4, 0.5) is 5.69 Å². The molecule has 5 heteroatoms. The Morgan fingerprint density at radius 2 is 1.55 bits per heavy atom. The molecular formula is C15H12Cl3NO. The Labute approximate surface area is 132 Å². The molecule has 0 aliphatic rings. The lowest BCUT2D eigenvalue weighted by molar-refractivity contribution is 0.103. The van der Waals surface area contributed by atoms with E-state index in [1.807, 2.05) is 13.8 Å². The first kappa shape index (κ1) is 15.2. The third kappa shape index (κ3) is 2.78. The van der Waals surface area contributed by atoms with E-state index in [4.69, 9.17) is 40.5 Å². The average molecular weight is 329 g/mol. The van der Waals surface area contributed by atoms with E-state index in [-0.39, 0.29) is 15.8 Å². The number of aryl methyl sites for hydroxylation is 2. The SMILES string of the molecule is Cc1cc(C(=O)c2cc(N)cc(Cl)c2Cl)c(C)cc1Cl. The molecule has 20 heavy (non-hydrogen) atoms. The van der Waals surface area contributed by atoms with E-state index in [9.17, 15) is 4.79 Å². The van der Waals surface area contributed by atoms with Crippen LogP contribution in [0.2, 0.25) is 15.1 Å². The molecule has 0 amide bonds. The van der Waals surface area contributed by atoms with Crippen LogP contribution >= 0.6 is 34.8 Å². The van der Waals surface area contributed by atoms with E-state index in [0.29, 0.717) is 21.8 Å². The lowest BCUT2D eigenvalue weighted by Gasteiger charge is -2.11. The second-order valence-electron chi connectivity index (χ2n) is 4.61. The number of halogens is 3. The van der Waals surface area contributed by atoms with Crippen molar-refractivity contribution in [2.24, 2.45) is 0 Å². The minimum Gasteiger partial charge on any atom is -0.399 e. The topological polar surface area (TPSA) is 43.1 Å². The fourth-order valence-corrected chi connectivity index (χ4v) is 2.59. The molecule has 0 aliphatic carbocycles. The number of rotatable bonds is 2. The van der Waals surface area contributed by atoms with Gasteiger partial charge in [0.05, 0.1) is 10.0 Å². The Kier molecular flexibility index (Phi) is 4.28. The number of carbonyl (C=O) groups is 1. The zero-order valence-corrected chi connectivity index (χ0v) is 13.2. The van der Waals surface area contributed by atoms with Crippen LogP contribution in [0.15, 0.2) is 24.3 Å². The van der Waals surface area contributed by atoms with Gasteiger partial charge in [-0.25, -0.2) is 0 Å². The second kappa shape index (κ2) is 5.65. The van der Waals surface area contributed by atoms with Crippen LogP contribution < -0.4 is 5.73 Å². The van der Waals surface area contributed by atoms with Crippen molar-refractivity contribution in [1.29, 1.82) is 0 Å². The van der Waals surface area contributed by atoms with Crippen LogP contribution in [-0.4, -0.2) is 5.78 Å². The molecule has 0 aromatic heterocycles. The molecule has 0 radical (unpaired) electrons. The molecule has 2 rings (SSSR count). The van der Waals surface area contributed by atoms with Gasteiger partial charge >= 0.3 is 0 Å². The van der Waals surface area contributed by atoms with Crippen molar-refractivity contribution >= 4 is 46.3 Å². The monoisotopic (exact) mass is 327 g/mol. The van der Waals surface area contributed by atoms with Crippen LogP contribution in [0.3, 0.4) is 0 Å². The van der Waals surface area contributed by atoms with Gasteiger partial charge in [0.15, 0.2) is 5.78 Å². The van der Waals surface area contributed by atoms with Crippen molar-refractivity contribution in [3.63, 3.8) is 0 Å². The van der Waals surface area contributed by atoms with Crippen LogP contribution in [0.25, 0.3) is 0 Å². The molecule has 0 spiro atoms. The van der Waals surface area contributed by atoms with Gasteiger partial charge in [0.2, 0.25) is 0 Å². The molecule has 2 aromatic rings. The maximum atomic E-state index is 12.6. The first-order valence-electron chi connectivity index (χ1n) is 5.87. The first-order chi connectivity index (χ1) is 9.31. The summed E-state index contributed by atoms with van der Waals surface area (Å²) in [6.07, 6.45) is 0. The van der Waals surface area contributed by atoms with E-state index in [2.05, 4.69) is 0 Å². The fraction of sp³-hybridized carbons (Fsp3) is 0.133. The molecule has 0 atom stereocenters. The lowest BCUT2D eigenvalue weighted by atomic mass is 9.97. The number of hydrogen-bond donors (Lipinski definition) is 1. The molecule has 0 unspecified atom stereocenters. The number of benzene rings is 2. The highest BCUT2D eigenvalue weighted by Gasteiger charge is 2.18. The zero-order chi connectivity index (χ0) is 15.0. The summed E-state index contributed by atoms with van der Waals surface area (Å²) in [5, 5.41) is 1.09. The van der Waals surface area contributed by atoms with E-state index in [0.717, 1.165) is 11.1 Å². The van der Waals surface area contributed by atoms with Gasteiger partial charge in [-0.3, -0.25) is 4.79 Å². The molecule has 0 bridgehead atoms. The van der Waals surface area contributed by atoms with E-state index in [1.165, 1.54) is 12.1 Å². The molecule has 0 heterocycles. The molecule has 0 aliphatic heterocycles. The minimum atomic E-state index is -0.221. The Morgan fingerprint density at radius 3 is 2.20 bits per heavy atom. The average Bonchev–Trinajstić information content (AvgIpc) is 2.37. The molecule has 0 saturated carbocycles. The van der Waals surface area contributed by atoms with Crippen molar-refractivity contribution in [3.05, 3.63) is 61.6 Å². The maximum Gasteiger partial charge on any atom is 0.194 e. The summed E-state index contributed by atoms with van der Waals surface area (Å²) in [6.45, 7) is 3.66. The molecule has 0 fully saturated rings. The molecule has 2 aromatic carbocycles. The van der Waals surface area contributed by atoms with Crippen molar-refractivity contribution in [1.82, 2.24) is 0 Å². The third-order valence-electron chi connectivity index (χ3n) is 3.05. The van der Waals surface area contributed by atoms with Gasteiger partial charge in [-0.15, -0.1) is 0 Å². The van der Waals surface area contributed by atoms with E-state index in [1.54, 1.807) is 12.1 Å². The smallest absolute Gasteiger partial charge is 0.194 e. The van der Waals surface area contributed by atoms with Crippen molar-refractivity contribution < 1.29 is 4.79 Å². The Morgan fingerprint density at radius 1 is 0.900 bits per heavy atom. The quantitative estimate of drug-likeness (QED) is 0.617. The summed E-state index contributed by atoms with van der Waals surface area (Å²) in [5.41, 5.74) is 8.55. The number of carbonyl (C=O) groups excluding carboxylic acids is 1. The van der Waals surface area contributed by atoms with Gasteiger partial charge in [0.1, 0.15) is 0 Å². The van der Waals surface area contributed by atoms with Crippen LogP contribution in [0, 0.1) is 13.8 Å². The molecule has 0 saturated heterocycles. The number of hydrogen-bond acceptors (Lipinski definition) is 2. The molecule has 2 nitrogen and oxygen atoms in total. The van der Waals surface area contributed by atoms with E-state index < -0.39 is 0 Å². The molecular weight excluding hydrogens is 317 g/mol. The number of nitrogens with two attached hydrogens (primary N) is 1. The second-order valence-corrected chi connectivity index (χ2v) is 5.80. The maximum absolute atomic E-state index is 12.6. The molecule has 104 valence electrons. The van der Waals surface area contributed by atoms with Crippen molar-refractivity contribution in [2.75, 3.05) is 5.73 Å². The summed E-state index contributed by atoms with van der Waals surface area (Å²) in [6, 6.07) is 6.54. The van der Waals surface area contributed by atoms with Gasteiger partial charge < -0.3 is 5.73 Å². The van der Waals surface area contributed by atoms with E-state index >= 15 is 0 Å². The fourth-order valence-electron chi connectivity index (χ4n) is 1.95. The van der Waals surface area contributed by atoms with Gasteiger partial charge in [-0.2, -0.15) is 0 Å². The lowest BCUT2D eigenvalue weighted by Crippen LogP contribution is -2.06. The highest BCUT2D eigenvalue weighted by atomic mass is 35.5. The Hall–Kier alpha value is -1.22. The highest BCUT2D eigenvalue weighted by Crippen LogP contribution is 2.31. The Bertz CT molecular complexity index is 711. The van der Waals surface area contributed by atoms with Crippen molar-refractivity contribution in [2.45, 2.75) is 13.8 Å². The number of anilines is 1. The number of nitrogen functional groups attached to an aromatic ring is 1. The largest absolute Gasteiger partial charge is 0.399 e. The van der Waals surface area contributed by atoms with Crippen LogP contribution in [0.1, 0.15) is 27.0 Å². The predicted molar refractivity (Wildman–Crippen MR) is 85.2 cm³/mol. The minimum absolute atomic E-state index is 0.206. The van der Waals surface area contributed by atoms with Gasteiger partial charge in [0.25, 0.3) is 0 Å². The van der Waals surface area contributed by atoms with Gasteiger partial charge in [0, 0.05) is 21.8 Å². The number of ketones is 1. The Balaban J connectivity index is 2.60. The van der Waals surface area contributed by atoms with Gasteiger partial charge in [-0.05, 0) is 49.2 Å². The third-order valence-corrected chi connectivity index (χ3v) is 4.25. The first-order valence-corrected chi connectivity index (χ1v) is 7.00. The van der Waals surface area contributed by atoms with Crippen LogP contribution in [0.5, 0.6) is 0 Å². The summed E-state index contributed by atoms with van der Waals surface area (Å²) in [7, 11) is 0. The molecule has 2 N–H and O–H groups in total. The standard InChI is InChI=1S/C15H12Cl3NO/c1-7-4-12(16)8(2)3-10(7)15(20)11-5-9(19)6-13(17)14(11)18/h3-6H,19H2,1-2H3. The van der Waals surface area contributed by atoms with Crippen molar-refractivity contribution in [3.8, 4) is 0 Å². The summed E-state index contributed by atoms with van der Waals surface area (Å²) < 4.78 is 0. The predicted octanol–water partition coefficient (Wildman–Crippen LogP) is 5.08. The highest BCUT2D eigenvalue weighted by molar-refractivity contribution is 6.44. The zero-order valence-electron chi connectivity index (χ0n) is 10.9. The van der Waals surface area contributed by atoms with Gasteiger partial charge in [-0.1, -0.05) is 34.8 Å². The summed E-state index contributed by atoms with van der Waals surface area (Å²) in [4.78, 5) is 12.6.